The van der Waals surface area contributed by atoms with E-state index in [1.165, 1.54) is 0 Å². The topological polar surface area (TPSA) is 221 Å². The summed E-state index contributed by atoms with van der Waals surface area (Å²) in [6, 6.07) is 12.2. The molecule has 4 N–H and O–H groups in total. The highest BCUT2D eigenvalue weighted by Crippen LogP contribution is 2.36. The van der Waals surface area contributed by atoms with Crippen LogP contribution in [0.5, 0.6) is 0 Å². The van der Waals surface area contributed by atoms with Crippen LogP contribution in [-0.2, 0) is 31.0 Å². The number of amides is 8. The van der Waals surface area contributed by atoms with Crippen molar-refractivity contribution in [2.45, 2.75) is 82.2 Å². The van der Waals surface area contributed by atoms with E-state index in [4.69, 9.17) is 15.5 Å². The highest BCUT2D eigenvalue weighted by atomic mass is 16.5. The fourth-order valence-corrected chi connectivity index (χ4v) is 9.33. The molecule has 6 heterocycles. The second kappa shape index (κ2) is 18.1. The van der Waals surface area contributed by atoms with Crippen LogP contribution in [0.25, 0.3) is 0 Å². The number of carbonyl (C=O) groups excluding carboxylic acids is 7. The number of anilines is 3. The van der Waals surface area contributed by atoms with Crippen LogP contribution in [0.1, 0.15) is 102 Å². The van der Waals surface area contributed by atoms with Gasteiger partial charge in [-0.05, 0) is 85.8 Å². The van der Waals surface area contributed by atoms with Crippen LogP contribution in [-0.4, -0.2) is 143 Å². The quantitative estimate of drug-likeness (QED) is 0.157. The van der Waals surface area contributed by atoms with Gasteiger partial charge in [0.15, 0.2) is 11.5 Å². The van der Waals surface area contributed by atoms with Crippen LogP contribution < -0.4 is 21.3 Å². The number of ether oxygens (including phenoxy) is 1. The molecule has 2 aromatic carbocycles. The van der Waals surface area contributed by atoms with E-state index in [0.717, 1.165) is 53.9 Å². The van der Waals surface area contributed by atoms with Crippen molar-refractivity contribution >= 4 is 58.8 Å². The third-order valence-electron chi connectivity index (χ3n) is 13.2. The lowest BCUT2D eigenvalue weighted by Crippen LogP contribution is -2.54. The molecule has 1 aromatic heterocycles. The van der Waals surface area contributed by atoms with Crippen LogP contribution in [0.2, 0.25) is 0 Å². The second-order valence-electron chi connectivity index (χ2n) is 17.4. The third kappa shape index (κ3) is 9.07. The number of hydrogen-bond donors (Lipinski definition) is 3. The van der Waals surface area contributed by atoms with Crippen molar-refractivity contribution in [3.63, 3.8) is 0 Å². The van der Waals surface area contributed by atoms with Gasteiger partial charge in [-0.3, -0.25) is 39.0 Å². The monoisotopic (exact) mass is 864 g/mol. The van der Waals surface area contributed by atoms with Gasteiger partial charge in [-0.2, -0.15) is 0 Å². The normalized spacial score (nSPS) is 21.2. The number of aromatic nitrogens is 2. The maximum absolute atomic E-state index is 13.1. The van der Waals surface area contributed by atoms with E-state index in [1.54, 1.807) is 29.3 Å². The van der Waals surface area contributed by atoms with E-state index in [-0.39, 0.29) is 66.7 Å². The average molecular weight is 865 g/mol. The summed E-state index contributed by atoms with van der Waals surface area (Å²) >= 11 is 0. The van der Waals surface area contributed by atoms with Crippen molar-refractivity contribution < 1.29 is 39.7 Å². The fraction of sp³-hybridized carbons (Fsp3) is 0.489. The number of primary amides is 1. The number of carbonyl (C=O) groups is 7. The van der Waals surface area contributed by atoms with Gasteiger partial charge in [0.1, 0.15) is 11.9 Å². The van der Waals surface area contributed by atoms with Crippen molar-refractivity contribution in [1.29, 1.82) is 0 Å². The maximum Gasteiger partial charge on any atom is 0.320 e. The number of likely N-dealkylation sites (N-methyl/N-ethyl adjacent to an activating group) is 1. The molecule has 4 saturated heterocycles. The molecule has 1 unspecified atom stereocenters. The van der Waals surface area contributed by atoms with Crippen molar-refractivity contribution in [1.82, 2.24) is 34.9 Å². The minimum Gasteiger partial charge on any atom is -0.381 e. The predicted octanol–water partition coefficient (Wildman–Crippen LogP) is 3.22. The van der Waals surface area contributed by atoms with E-state index in [0.29, 0.717) is 64.6 Å². The zero-order valence-electron chi connectivity index (χ0n) is 35.8. The summed E-state index contributed by atoms with van der Waals surface area (Å²) in [5.74, 6) is -1.88. The van der Waals surface area contributed by atoms with Crippen LogP contribution in [0, 0.1) is 0 Å². The van der Waals surface area contributed by atoms with E-state index >= 15 is 0 Å². The molecular weight excluding hydrogens is 809 g/mol. The minimum atomic E-state index is -1.00. The Morgan fingerprint density at radius 1 is 0.952 bits per heavy atom. The SMILES string of the molecule is CN1CCN([C@@H]2CCCN(c3cnc(C(N)=O)c(Nc4ccc(C5(C)CCN(C(=O)CCOCCCc6ccc7c(c6)C(=O)N(C6CCC(=O)NC6=O)C7=O)CC5)cc4)n3)C2)C1=O.[HH]. The number of likely N-dealkylation sites (tertiary alicyclic amines) is 1. The number of hydrogen-bond acceptors (Lipinski definition) is 12. The Balaban J connectivity index is 0.00000612. The number of imide groups is 2. The van der Waals surface area contributed by atoms with E-state index in [2.05, 4.69) is 39.6 Å². The van der Waals surface area contributed by atoms with Crippen molar-refractivity contribution in [3.8, 4) is 0 Å². The van der Waals surface area contributed by atoms with Gasteiger partial charge in [0.2, 0.25) is 17.7 Å². The molecule has 0 saturated carbocycles. The third-order valence-corrected chi connectivity index (χ3v) is 13.2. The molecule has 18 heteroatoms. The average Bonchev–Trinajstić information content (AvgIpc) is 3.74. The summed E-state index contributed by atoms with van der Waals surface area (Å²) in [4.78, 5) is 106. The Bertz CT molecular complexity index is 2320. The molecule has 0 radical (unpaired) electrons. The molecule has 3 aromatic rings. The molecule has 63 heavy (non-hydrogen) atoms. The van der Waals surface area contributed by atoms with E-state index in [9.17, 15) is 33.6 Å². The summed E-state index contributed by atoms with van der Waals surface area (Å²) in [7, 11) is 1.82. The lowest BCUT2D eigenvalue weighted by molar-refractivity contribution is -0.136. The summed E-state index contributed by atoms with van der Waals surface area (Å²) < 4.78 is 5.81. The highest BCUT2D eigenvalue weighted by Gasteiger charge is 2.45. The first-order chi connectivity index (χ1) is 30.3. The van der Waals surface area contributed by atoms with E-state index in [1.807, 2.05) is 29.0 Å². The molecule has 8 amide bonds. The van der Waals surface area contributed by atoms with Gasteiger partial charge in [-0.1, -0.05) is 25.1 Å². The zero-order valence-corrected chi connectivity index (χ0v) is 35.8. The molecule has 5 aliphatic rings. The van der Waals surface area contributed by atoms with Crippen molar-refractivity contribution in [2.24, 2.45) is 5.73 Å². The smallest absolute Gasteiger partial charge is 0.320 e. The van der Waals surface area contributed by atoms with Crippen LogP contribution in [0.4, 0.5) is 22.1 Å². The summed E-state index contributed by atoms with van der Waals surface area (Å²) in [6.07, 6.45) is 6.66. The Morgan fingerprint density at radius 2 is 1.71 bits per heavy atom. The van der Waals surface area contributed by atoms with Gasteiger partial charge in [-0.15, -0.1) is 0 Å². The van der Waals surface area contributed by atoms with Crippen LogP contribution >= 0.6 is 0 Å². The van der Waals surface area contributed by atoms with Gasteiger partial charge in [-0.25, -0.2) is 14.8 Å². The standard InChI is InChI=1S/C45H54N10O8.H2/c1-45(29-8-10-30(11-9-29)48-40-38(39(46)58)47-26-35(49-40)53-18-3-6-31(27-53)54-22-21-51(2)44(54)62)16-19-52(20-17-45)37(57)15-24-63-23-4-5-28-7-12-32-33(25-28)43(61)55(42(32)60)34-13-14-36(56)50-41(34)59;/h7-12,25-26,31,34H,3-6,13-24,27H2,1-2H3,(H2,46,58)(H,48,49)(H,50,56,59);1H/t31-,34?;/m1./s1. The van der Waals surface area contributed by atoms with Crippen molar-refractivity contribution in [3.05, 3.63) is 76.6 Å². The zero-order chi connectivity index (χ0) is 44.4. The fourth-order valence-electron chi connectivity index (χ4n) is 9.33. The maximum atomic E-state index is 13.1. The lowest BCUT2D eigenvalue weighted by atomic mass is 9.74. The van der Waals surface area contributed by atoms with Crippen molar-refractivity contribution in [2.75, 3.05) is 69.7 Å². The second-order valence-corrected chi connectivity index (χ2v) is 17.4. The molecule has 4 fully saturated rings. The highest BCUT2D eigenvalue weighted by molar-refractivity contribution is 6.23. The number of nitrogens with two attached hydrogens (primary N) is 1. The van der Waals surface area contributed by atoms with Gasteiger partial charge in [0.25, 0.3) is 17.7 Å². The Kier molecular flexibility index (Phi) is 12.4. The van der Waals surface area contributed by atoms with Gasteiger partial charge in [0.05, 0.1) is 36.4 Å². The van der Waals surface area contributed by atoms with Gasteiger partial charge in [0, 0.05) is 66.5 Å². The Morgan fingerprint density at radius 3 is 2.43 bits per heavy atom. The molecule has 8 rings (SSSR count). The number of aryl methyl sites for hydroxylation is 1. The first-order valence-corrected chi connectivity index (χ1v) is 21.8. The minimum absolute atomic E-state index is 0. The molecule has 0 aliphatic carbocycles. The number of fused-ring (bicyclic) bond motifs is 1. The molecular formula is C45H56N10O8. The van der Waals surface area contributed by atoms with Crippen LogP contribution in [0.15, 0.2) is 48.7 Å². The number of nitrogens with zero attached hydrogens (tertiary/aromatic N) is 7. The number of benzene rings is 2. The number of nitrogens with one attached hydrogen (secondary N) is 2. The first kappa shape index (κ1) is 43.2. The Labute approximate surface area is 367 Å². The lowest BCUT2D eigenvalue weighted by Gasteiger charge is -2.40. The van der Waals surface area contributed by atoms with Gasteiger partial charge < -0.3 is 35.4 Å². The number of rotatable bonds is 14. The summed E-state index contributed by atoms with van der Waals surface area (Å²) in [6.45, 7) is 6.97. The molecule has 0 bridgehead atoms. The van der Waals surface area contributed by atoms with Crippen LogP contribution in [0.3, 0.4) is 0 Å². The molecule has 0 spiro atoms. The largest absolute Gasteiger partial charge is 0.381 e. The predicted molar refractivity (Wildman–Crippen MR) is 232 cm³/mol. The molecule has 18 nitrogen and oxygen atoms in total. The summed E-state index contributed by atoms with van der Waals surface area (Å²) in [5, 5.41) is 5.47. The molecule has 5 aliphatic heterocycles. The number of urea groups is 1. The molecule has 2 atom stereocenters. The molecule has 334 valence electrons. The van der Waals surface area contributed by atoms with Gasteiger partial charge >= 0.3 is 6.03 Å². The van der Waals surface area contributed by atoms with E-state index < -0.39 is 35.6 Å². The summed E-state index contributed by atoms with van der Waals surface area (Å²) in [5.41, 5.74) is 8.83. The number of piperidine rings is 3. The first-order valence-electron chi connectivity index (χ1n) is 21.8. The Hall–Kier alpha value is -6.43.